The maximum atomic E-state index is 5.76. The van der Waals surface area contributed by atoms with Crippen molar-refractivity contribution in [3.05, 3.63) is 48.0 Å². The molecule has 19 heavy (non-hydrogen) atoms. The highest BCUT2D eigenvalue weighted by molar-refractivity contribution is 5.54. The Labute approximate surface area is 113 Å². The van der Waals surface area contributed by atoms with Crippen LogP contribution in [-0.2, 0) is 6.42 Å². The van der Waals surface area contributed by atoms with E-state index in [0.29, 0.717) is 11.6 Å². The number of methoxy groups -OCH3 is 1. The third-order valence-electron chi connectivity index (χ3n) is 3.04. The Bertz CT molecular complexity index is 528. The molecule has 1 aromatic heterocycles. The number of benzene rings is 1. The molecule has 2 N–H and O–H groups in total. The summed E-state index contributed by atoms with van der Waals surface area (Å²) in [6.45, 7) is 0.893. The zero-order valence-electron chi connectivity index (χ0n) is 11.3. The second-order valence-corrected chi connectivity index (χ2v) is 4.43. The van der Waals surface area contributed by atoms with Gasteiger partial charge in [0.15, 0.2) is 0 Å². The third kappa shape index (κ3) is 3.37. The summed E-state index contributed by atoms with van der Waals surface area (Å²) >= 11 is 0. The number of likely N-dealkylation sites (N-methyl/N-ethyl adjacent to an activating group) is 1. The topological polar surface area (TPSA) is 51.4 Å². The number of nitrogen functional groups attached to an aromatic ring is 1. The largest absolute Gasteiger partial charge is 0.479 e. The summed E-state index contributed by atoms with van der Waals surface area (Å²) < 4.78 is 5.14. The van der Waals surface area contributed by atoms with E-state index in [0.717, 1.165) is 18.8 Å². The summed E-state index contributed by atoms with van der Waals surface area (Å²) in [5.74, 6) is 1.34. The molecule has 0 amide bonds. The molecule has 2 rings (SSSR count). The van der Waals surface area contributed by atoms with Crippen molar-refractivity contribution in [2.45, 2.75) is 6.42 Å². The van der Waals surface area contributed by atoms with Crippen molar-refractivity contribution in [2.24, 2.45) is 0 Å². The molecule has 0 saturated carbocycles. The molecule has 0 atom stereocenters. The van der Waals surface area contributed by atoms with Gasteiger partial charge in [-0.15, -0.1) is 0 Å². The molecule has 1 aromatic carbocycles. The van der Waals surface area contributed by atoms with Gasteiger partial charge < -0.3 is 15.4 Å². The molecule has 0 aliphatic carbocycles. The van der Waals surface area contributed by atoms with E-state index in [2.05, 4.69) is 34.1 Å². The van der Waals surface area contributed by atoms with Crippen LogP contribution in [0, 0.1) is 0 Å². The lowest BCUT2D eigenvalue weighted by atomic mass is 10.1. The van der Waals surface area contributed by atoms with E-state index in [1.807, 2.05) is 25.2 Å². The van der Waals surface area contributed by atoms with Crippen molar-refractivity contribution in [1.29, 1.82) is 0 Å². The van der Waals surface area contributed by atoms with Gasteiger partial charge in [0.05, 0.1) is 12.8 Å². The van der Waals surface area contributed by atoms with Crippen LogP contribution in [0.5, 0.6) is 5.88 Å². The average Bonchev–Trinajstić information content (AvgIpc) is 2.46. The van der Waals surface area contributed by atoms with Crippen LogP contribution in [0.15, 0.2) is 42.5 Å². The van der Waals surface area contributed by atoms with Gasteiger partial charge in [-0.3, -0.25) is 0 Å². The van der Waals surface area contributed by atoms with Crippen molar-refractivity contribution in [3.8, 4) is 5.88 Å². The van der Waals surface area contributed by atoms with Crippen molar-refractivity contribution >= 4 is 11.5 Å². The van der Waals surface area contributed by atoms with E-state index < -0.39 is 0 Å². The Morgan fingerprint density at radius 1 is 1.16 bits per heavy atom. The lowest BCUT2D eigenvalue weighted by Crippen LogP contribution is -2.21. The number of nitrogens with two attached hydrogens (primary N) is 1. The van der Waals surface area contributed by atoms with Crippen LogP contribution < -0.4 is 15.4 Å². The minimum absolute atomic E-state index is 0.476. The van der Waals surface area contributed by atoms with Crippen molar-refractivity contribution in [2.75, 3.05) is 31.3 Å². The van der Waals surface area contributed by atoms with E-state index in [4.69, 9.17) is 10.5 Å². The quantitative estimate of drug-likeness (QED) is 0.893. The monoisotopic (exact) mass is 257 g/mol. The lowest BCUT2D eigenvalue weighted by Gasteiger charge is -2.19. The summed E-state index contributed by atoms with van der Waals surface area (Å²) in [4.78, 5) is 6.47. The minimum atomic E-state index is 0.476. The van der Waals surface area contributed by atoms with E-state index in [9.17, 15) is 0 Å². The van der Waals surface area contributed by atoms with Gasteiger partial charge in [-0.25, -0.2) is 0 Å². The molecule has 0 aliphatic heterocycles. The highest BCUT2D eigenvalue weighted by atomic mass is 16.5. The fourth-order valence-corrected chi connectivity index (χ4v) is 1.87. The van der Waals surface area contributed by atoms with E-state index in [1.54, 1.807) is 7.11 Å². The van der Waals surface area contributed by atoms with Crippen LogP contribution in [0.1, 0.15) is 5.56 Å². The maximum Gasteiger partial charge on any atom is 0.238 e. The van der Waals surface area contributed by atoms with Crippen LogP contribution in [0.3, 0.4) is 0 Å². The molecular formula is C15H19N3O. The van der Waals surface area contributed by atoms with Gasteiger partial charge in [0, 0.05) is 13.6 Å². The zero-order chi connectivity index (χ0) is 13.7. The molecule has 4 heteroatoms. The van der Waals surface area contributed by atoms with Gasteiger partial charge in [0.2, 0.25) is 5.88 Å². The van der Waals surface area contributed by atoms with E-state index >= 15 is 0 Å². The van der Waals surface area contributed by atoms with E-state index in [1.165, 1.54) is 5.56 Å². The predicted molar refractivity (Wildman–Crippen MR) is 78.6 cm³/mol. The zero-order valence-corrected chi connectivity index (χ0v) is 11.3. The summed E-state index contributed by atoms with van der Waals surface area (Å²) in [7, 11) is 3.59. The van der Waals surface area contributed by atoms with Gasteiger partial charge >= 0.3 is 0 Å². The van der Waals surface area contributed by atoms with Crippen molar-refractivity contribution in [1.82, 2.24) is 4.98 Å². The highest BCUT2D eigenvalue weighted by Crippen LogP contribution is 2.22. The molecule has 0 spiro atoms. The van der Waals surface area contributed by atoms with Gasteiger partial charge in [-0.05, 0) is 24.1 Å². The molecule has 0 radical (unpaired) electrons. The predicted octanol–water partition coefficient (Wildman–Crippen LogP) is 2.35. The molecule has 0 aliphatic rings. The summed E-state index contributed by atoms with van der Waals surface area (Å²) in [5.41, 5.74) is 7.63. The summed E-state index contributed by atoms with van der Waals surface area (Å²) in [6, 6.07) is 14.1. The Morgan fingerprint density at radius 2 is 1.89 bits per heavy atom. The highest BCUT2D eigenvalue weighted by Gasteiger charge is 2.07. The van der Waals surface area contributed by atoms with Crippen LogP contribution in [-0.4, -0.2) is 25.7 Å². The number of hydrogen-bond acceptors (Lipinski definition) is 4. The maximum absolute atomic E-state index is 5.76. The van der Waals surface area contributed by atoms with Crippen LogP contribution in [0.25, 0.3) is 0 Å². The first-order valence-electron chi connectivity index (χ1n) is 6.26. The SMILES string of the molecule is COc1nc(N(C)CCc2ccccc2)ccc1N. The van der Waals surface area contributed by atoms with Crippen molar-refractivity contribution < 1.29 is 4.74 Å². The van der Waals surface area contributed by atoms with Crippen molar-refractivity contribution in [3.63, 3.8) is 0 Å². The second-order valence-electron chi connectivity index (χ2n) is 4.43. The Balaban J connectivity index is 2.02. The first kappa shape index (κ1) is 13.2. The van der Waals surface area contributed by atoms with Crippen LogP contribution in [0.4, 0.5) is 11.5 Å². The summed E-state index contributed by atoms with van der Waals surface area (Å²) in [5, 5.41) is 0. The molecule has 100 valence electrons. The molecule has 0 saturated heterocycles. The first-order chi connectivity index (χ1) is 9.20. The normalized spacial score (nSPS) is 10.2. The first-order valence-corrected chi connectivity index (χ1v) is 6.26. The van der Waals surface area contributed by atoms with Gasteiger partial charge in [-0.1, -0.05) is 30.3 Å². The smallest absolute Gasteiger partial charge is 0.238 e. The Kier molecular flexibility index (Phi) is 4.23. The number of rotatable bonds is 5. The fraction of sp³-hybridized carbons (Fsp3) is 0.267. The molecule has 1 heterocycles. The fourth-order valence-electron chi connectivity index (χ4n) is 1.87. The number of anilines is 2. The molecule has 2 aromatic rings. The Morgan fingerprint density at radius 3 is 2.58 bits per heavy atom. The lowest BCUT2D eigenvalue weighted by molar-refractivity contribution is 0.400. The number of nitrogens with zero attached hydrogens (tertiary/aromatic N) is 2. The number of ether oxygens (including phenoxy) is 1. The van der Waals surface area contributed by atoms with Crippen LogP contribution >= 0.6 is 0 Å². The molecule has 4 nitrogen and oxygen atoms in total. The third-order valence-corrected chi connectivity index (χ3v) is 3.04. The second kappa shape index (κ2) is 6.09. The number of pyridine rings is 1. The molecule has 0 bridgehead atoms. The number of hydrogen-bond donors (Lipinski definition) is 1. The van der Waals surface area contributed by atoms with Gasteiger partial charge in [0.1, 0.15) is 5.82 Å². The molecular weight excluding hydrogens is 238 g/mol. The van der Waals surface area contributed by atoms with Gasteiger partial charge in [-0.2, -0.15) is 4.98 Å². The molecule has 0 fully saturated rings. The van der Waals surface area contributed by atoms with Gasteiger partial charge in [0.25, 0.3) is 0 Å². The van der Waals surface area contributed by atoms with Crippen LogP contribution in [0.2, 0.25) is 0 Å². The Hall–Kier alpha value is -2.23. The average molecular weight is 257 g/mol. The molecule has 0 unspecified atom stereocenters. The minimum Gasteiger partial charge on any atom is -0.479 e. The number of aromatic nitrogens is 1. The standard InChI is InChI=1S/C15H19N3O/c1-18(11-10-12-6-4-3-5-7-12)14-9-8-13(16)15(17-14)19-2/h3-9H,10-11,16H2,1-2H3. The van der Waals surface area contributed by atoms with E-state index in [-0.39, 0.29) is 0 Å². The summed E-state index contributed by atoms with van der Waals surface area (Å²) in [6.07, 6.45) is 0.978.